The van der Waals surface area contributed by atoms with Gasteiger partial charge in [-0.1, -0.05) is 0 Å². The number of rotatable bonds is 4. The lowest BCUT2D eigenvalue weighted by Crippen LogP contribution is -2.15. The summed E-state index contributed by atoms with van der Waals surface area (Å²) in [5.41, 5.74) is 0.321. The maximum Gasteiger partial charge on any atom is 0.356 e. The molecule has 0 amide bonds. The molecule has 0 saturated heterocycles. The number of anilines is 1. The zero-order valence-electron chi connectivity index (χ0n) is 9.57. The summed E-state index contributed by atoms with van der Waals surface area (Å²) in [7, 11) is -4.20. The lowest BCUT2D eigenvalue weighted by molar-refractivity contribution is 0.0687. The lowest BCUT2D eigenvalue weighted by atomic mass is 10.3. The summed E-state index contributed by atoms with van der Waals surface area (Å²) in [6, 6.07) is 2.88. The molecule has 2 aromatic rings. The summed E-state index contributed by atoms with van der Waals surface area (Å²) in [6.45, 7) is 0. The van der Waals surface area contributed by atoms with Crippen LogP contribution in [0.2, 0.25) is 0 Å². The van der Waals surface area contributed by atoms with Crippen LogP contribution in [-0.4, -0.2) is 29.6 Å². The highest BCUT2D eigenvalue weighted by Gasteiger charge is 2.26. The number of nitrogens with zero attached hydrogens (tertiary/aromatic N) is 1. The van der Waals surface area contributed by atoms with Crippen LogP contribution in [0.4, 0.5) is 10.1 Å². The molecule has 1 aromatic heterocycles. The van der Waals surface area contributed by atoms with Crippen molar-refractivity contribution in [2.75, 3.05) is 4.72 Å². The molecule has 2 rings (SSSR count). The third-order valence-corrected chi connectivity index (χ3v) is 4.93. The highest BCUT2D eigenvalue weighted by Crippen LogP contribution is 2.25. The van der Waals surface area contributed by atoms with Crippen molar-refractivity contribution < 1.29 is 27.8 Å². The van der Waals surface area contributed by atoms with E-state index in [2.05, 4.69) is 4.98 Å². The minimum Gasteiger partial charge on any atom is -0.505 e. The Kier molecular flexibility index (Phi) is 3.59. The van der Waals surface area contributed by atoms with Gasteiger partial charge in [0.25, 0.3) is 10.0 Å². The van der Waals surface area contributed by atoms with E-state index in [9.17, 15) is 17.6 Å². The van der Waals surface area contributed by atoms with E-state index in [0.29, 0.717) is 11.3 Å². The molecule has 20 heavy (non-hydrogen) atoms. The summed E-state index contributed by atoms with van der Waals surface area (Å²) in [5, 5.41) is 17.8. The average Bonchev–Trinajstić information content (AvgIpc) is 2.83. The van der Waals surface area contributed by atoms with Gasteiger partial charge in [-0.15, -0.1) is 11.3 Å². The van der Waals surface area contributed by atoms with Crippen LogP contribution >= 0.6 is 11.3 Å². The van der Waals surface area contributed by atoms with Crippen molar-refractivity contribution in [2.45, 2.75) is 4.21 Å². The van der Waals surface area contributed by atoms with Gasteiger partial charge in [0.05, 0.1) is 11.2 Å². The number of halogens is 1. The first-order valence-corrected chi connectivity index (χ1v) is 7.35. The third kappa shape index (κ3) is 2.70. The van der Waals surface area contributed by atoms with Crippen LogP contribution in [0.3, 0.4) is 0 Å². The van der Waals surface area contributed by atoms with Gasteiger partial charge in [-0.25, -0.2) is 22.6 Å². The van der Waals surface area contributed by atoms with E-state index in [1.165, 1.54) is 0 Å². The number of hydrogen-bond acceptors (Lipinski definition) is 6. The van der Waals surface area contributed by atoms with E-state index >= 15 is 0 Å². The van der Waals surface area contributed by atoms with E-state index in [-0.39, 0.29) is 5.69 Å². The van der Waals surface area contributed by atoms with Gasteiger partial charge in [-0.2, -0.15) is 0 Å². The monoisotopic (exact) mass is 318 g/mol. The van der Waals surface area contributed by atoms with Gasteiger partial charge in [0.2, 0.25) is 0 Å². The molecule has 0 aliphatic rings. The molecule has 0 fully saturated rings. The first-order chi connectivity index (χ1) is 9.31. The van der Waals surface area contributed by atoms with Crippen LogP contribution < -0.4 is 4.72 Å². The minimum absolute atomic E-state index is 0.148. The Balaban J connectivity index is 2.38. The molecule has 0 bridgehead atoms. The molecule has 0 unspecified atom stereocenters. The molecule has 7 nitrogen and oxygen atoms in total. The maximum absolute atomic E-state index is 13.1. The topological polar surface area (TPSA) is 117 Å². The average molecular weight is 318 g/mol. The largest absolute Gasteiger partial charge is 0.505 e. The number of benzene rings is 1. The fourth-order valence-corrected chi connectivity index (χ4v) is 3.53. The van der Waals surface area contributed by atoms with Gasteiger partial charge in [-0.3, -0.25) is 4.72 Å². The van der Waals surface area contributed by atoms with Gasteiger partial charge in [-0.05, 0) is 12.1 Å². The highest BCUT2D eigenvalue weighted by molar-refractivity contribution is 7.94. The molecule has 0 spiro atoms. The van der Waals surface area contributed by atoms with Gasteiger partial charge in [0.15, 0.2) is 21.5 Å². The number of thiazole rings is 1. The zero-order chi connectivity index (χ0) is 14.9. The van der Waals surface area contributed by atoms with Crippen LogP contribution in [0.25, 0.3) is 0 Å². The molecule has 0 aliphatic carbocycles. The number of phenolic OH excluding ortho intramolecular Hbond substituents is 1. The normalized spacial score (nSPS) is 11.2. The van der Waals surface area contributed by atoms with Crippen LogP contribution in [-0.2, 0) is 10.0 Å². The predicted octanol–water partition coefficient (Wildman–Crippen LogP) is 1.49. The quantitative estimate of drug-likeness (QED) is 0.735. The lowest BCUT2D eigenvalue weighted by Gasteiger charge is -2.07. The van der Waals surface area contributed by atoms with Gasteiger partial charge in [0, 0.05) is 6.07 Å². The van der Waals surface area contributed by atoms with Crippen LogP contribution in [0, 0.1) is 5.82 Å². The summed E-state index contributed by atoms with van der Waals surface area (Å²) in [4.78, 5) is 14.3. The molecule has 106 valence electrons. The molecular formula is C10H7FN2O5S2. The Bertz CT molecular complexity index is 772. The number of carboxylic acids is 1. The molecule has 1 heterocycles. The minimum atomic E-state index is -4.20. The van der Waals surface area contributed by atoms with Gasteiger partial charge < -0.3 is 10.2 Å². The number of phenols is 1. The Hall–Kier alpha value is -2.20. The fourth-order valence-electron chi connectivity index (χ4n) is 1.34. The maximum atomic E-state index is 13.1. The summed E-state index contributed by atoms with van der Waals surface area (Å²) < 4.78 is 38.6. The van der Waals surface area contributed by atoms with Gasteiger partial charge in [0.1, 0.15) is 0 Å². The number of sulfonamides is 1. The van der Waals surface area contributed by atoms with E-state index in [1.807, 2.05) is 4.72 Å². The number of aromatic hydroxyl groups is 1. The van der Waals surface area contributed by atoms with Crippen molar-refractivity contribution in [3.05, 3.63) is 35.2 Å². The van der Waals surface area contributed by atoms with Crippen LogP contribution in [0.5, 0.6) is 5.75 Å². The fraction of sp³-hybridized carbons (Fsp3) is 0. The Labute approximate surface area is 116 Å². The molecule has 10 heteroatoms. The highest BCUT2D eigenvalue weighted by atomic mass is 32.2. The van der Waals surface area contributed by atoms with Crippen molar-refractivity contribution in [3.63, 3.8) is 0 Å². The Morgan fingerprint density at radius 1 is 1.40 bits per heavy atom. The van der Waals surface area contributed by atoms with Crippen LogP contribution in [0.1, 0.15) is 10.5 Å². The first-order valence-electron chi connectivity index (χ1n) is 4.99. The first kappa shape index (κ1) is 14.2. The summed E-state index contributed by atoms with van der Waals surface area (Å²) >= 11 is 0.626. The number of hydrogen-bond donors (Lipinski definition) is 3. The standard InChI is InChI=1S/C10H7FN2O5S2/c11-6-3-5(1-2-7(6)14)13-20(17,18)10-8(9(15)16)12-4-19-10/h1-4,13-14H,(H,15,16). The van der Waals surface area contributed by atoms with Crippen LogP contribution in [0.15, 0.2) is 27.9 Å². The van der Waals surface area contributed by atoms with Crippen molar-refractivity contribution >= 4 is 33.0 Å². The Morgan fingerprint density at radius 2 is 2.10 bits per heavy atom. The molecule has 0 saturated carbocycles. The molecular weight excluding hydrogens is 311 g/mol. The number of aromatic nitrogens is 1. The molecule has 0 atom stereocenters. The van der Waals surface area contributed by atoms with Crippen molar-refractivity contribution in [2.24, 2.45) is 0 Å². The van der Waals surface area contributed by atoms with E-state index < -0.39 is 37.5 Å². The van der Waals surface area contributed by atoms with Gasteiger partial charge >= 0.3 is 5.97 Å². The molecule has 1 aromatic carbocycles. The second kappa shape index (κ2) is 5.06. The second-order valence-corrected chi connectivity index (χ2v) is 6.30. The third-order valence-electron chi connectivity index (χ3n) is 2.18. The molecule has 0 radical (unpaired) electrons. The SMILES string of the molecule is O=C(O)c1ncsc1S(=O)(=O)Nc1ccc(O)c(F)c1. The number of carbonyl (C=O) groups is 1. The summed E-state index contributed by atoms with van der Waals surface area (Å²) in [6.07, 6.45) is 0. The smallest absolute Gasteiger partial charge is 0.356 e. The zero-order valence-corrected chi connectivity index (χ0v) is 11.2. The number of aromatic carboxylic acids is 1. The Morgan fingerprint density at radius 3 is 2.70 bits per heavy atom. The molecule has 3 N–H and O–H groups in total. The molecule has 0 aliphatic heterocycles. The second-order valence-electron chi connectivity index (χ2n) is 3.57. The number of nitrogens with one attached hydrogen (secondary N) is 1. The van der Waals surface area contributed by atoms with Crippen molar-refractivity contribution in [1.82, 2.24) is 4.98 Å². The van der Waals surface area contributed by atoms with Crippen molar-refractivity contribution in [1.29, 1.82) is 0 Å². The number of carboxylic acid groups (broad SMARTS) is 1. The van der Waals surface area contributed by atoms with E-state index in [0.717, 1.165) is 23.7 Å². The van der Waals surface area contributed by atoms with E-state index in [4.69, 9.17) is 10.2 Å². The van der Waals surface area contributed by atoms with Crippen molar-refractivity contribution in [3.8, 4) is 5.75 Å². The van der Waals surface area contributed by atoms with E-state index in [1.54, 1.807) is 0 Å². The summed E-state index contributed by atoms with van der Waals surface area (Å²) in [5.74, 6) is -3.12. The predicted molar refractivity (Wildman–Crippen MR) is 67.9 cm³/mol.